The molecule has 3 rings (SSSR count). The molecule has 1 atom stereocenters. The fourth-order valence-corrected chi connectivity index (χ4v) is 3.70. The monoisotopic (exact) mass is 503 g/mol. The summed E-state index contributed by atoms with van der Waals surface area (Å²) in [7, 11) is 0. The summed E-state index contributed by atoms with van der Waals surface area (Å²) < 4.78 is 5.84. The molecule has 194 valence electrons. The highest BCUT2D eigenvalue weighted by Crippen LogP contribution is 2.20. The van der Waals surface area contributed by atoms with Gasteiger partial charge >= 0.3 is 0 Å². The molecule has 0 aliphatic rings. The van der Waals surface area contributed by atoms with Crippen molar-refractivity contribution in [2.75, 3.05) is 0 Å². The second-order valence-corrected chi connectivity index (χ2v) is 8.66. The van der Waals surface area contributed by atoms with Crippen molar-refractivity contribution in [1.29, 1.82) is 0 Å². The van der Waals surface area contributed by atoms with Gasteiger partial charge in [0.05, 0.1) is 0 Å². The molecular formula is C29H33N3O5. The SMILES string of the molecule is CCCCCC(=O)N[C@H](C(=O)NCc1ccc(C(=O)NO)cc1)c1ccc(OCc2ccccc2)cc1. The Kier molecular flexibility index (Phi) is 10.7. The minimum absolute atomic E-state index is 0.183. The van der Waals surface area contributed by atoms with E-state index in [-0.39, 0.29) is 18.4 Å². The molecule has 3 amide bonds. The number of hydroxylamine groups is 1. The van der Waals surface area contributed by atoms with Gasteiger partial charge in [-0.1, -0.05) is 74.4 Å². The van der Waals surface area contributed by atoms with Crippen molar-refractivity contribution in [1.82, 2.24) is 16.1 Å². The van der Waals surface area contributed by atoms with Crippen LogP contribution in [0.1, 0.15) is 65.7 Å². The van der Waals surface area contributed by atoms with E-state index in [1.165, 1.54) is 0 Å². The number of benzene rings is 3. The van der Waals surface area contributed by atoms with E-state index in [2.05, 4.69) is 17.6 Å². The van der Waals surface area contributed by atoms with Gasteiger partial charge in [0, 0.05) is 18.5 Å². The summed E-state index contributed by atoms with van der Waals surface area (Å²) in [6, 6.07) is 22.5. The highest BCUT2D eigenvalue weighted by atomic mass is 16.5. The van der Waals surface area contributed by atoms with E-state index in [0.717, 1.165) is 30.4 Å². The van der Waals surface area contributed by atoms with E-state index in [0.29, 0.717) is 29.9 Å². The third kappa shape index (κ3) is 8.77. The maximum Gasteiger partial charge on any atom is 0.274 e. The first-order valence-electron chi connectivity index (χ1n) is 12.4. The Bertz CT molecular complexity index is 1150. The fourth-order valence-electron chi connectivity index (χ4n) is 3.70. The lowest BCUT2D eigenvalue weighted by molar-refractivity contribution is -0.129. The predicted molar refractivity (Wildman–Crippen MR) is 140 cm³/mol. The van der Waals surface area contributed by atoms with Gasteiger partial charge in [-0.05, 0) is 47.4 Å². The zero-order valence-corrected chi connectivity index (χ0v) is 20.9. The molecular weight excluding hydrogens is 470 g/mol. The number of carbonyl (C=O) groups is 3. The second-order valence-electron chi connectivity index (χ2n) is 8.66. The van der Waals surface area contributed by atoms with E-state index in [9.17, 15) is 14.4 Å². The highest BCUT2D eigenvalue weighted by Gasteiger charge is 2.22. The van der Waals surface area contributed by atoms with E-state index in [4.69, 9.17) is 9.94 Å². The van der Waals surface area contributed by atoms with Gasteiger partial charge in [-0.25, -0.2) is 5.48 Å². The average Bonchev–Trinajstić information content (AvgIpc) is 2.94. The summed E-state index contributed by atoms with van der Waals surface area (Å²) in [5.74, 6) is -0.484. The van der Waals surface area contributed by atoms with E-state index in [1.54, 1.807) is 54.0 Å². The Balaban J connectivity index is 1.66. The van der Waals surface area contributed by atoms with Crippen LogP contribution in [-0.4, -0.2) is 22.9 Å². The van der Waals surface area contributed by atoms with Crippen LogP contribution in [-0.2, 0) is 22.7 Å². The van der Waals surface area contributed by atoms with Crippen molar-refractivity contribution in [3.05, 3.63) is 101 Å². The van der Waals surface area contributed by atoms with E-state index in [1.807, 2.05) is 30.3 Å². The molecule has 37 heavy (non-hydrogen) atoms. The van der Waals surface area contributed by atoms with Gasteiger partial charge < -0.3 is 15.4 Å². The summed E-state index contributed by atoms with van der Waals surface area (Å²) in [6.45, 7) is 2.70. The molecule has 0 fully saturated rings. The Morgan fingerprint density at radius 1 is 0.865 bits per heavy atom. The molecule has 3 aromatic rings. The normalized spacial score (nSPS) is 11.3. The molecule has 0 heterocycles. The molecule has 0 radical (unpaired) electrons. The number of nitrogens with one attached hydrogen (secondary N) is 3. The van der Waals surface area contributed by atoms with Crippen LogP contribution >= 0.6 is 0 Å². The molecule has 0 aliphatic carbocycles. The molecule has 0 aliphatic heterocycles. The predicted octanol–water partition coefficient (Wildman–Crippen LogP) is 4.44. The minimum atomic E-state index is -0.864. The lowest BCUT2D eigenvalue weighted by Crippen LogP contribution is -2.40. The van der Waals surface area contributed by atoms with Crippen LogP contribution < -0.4 is 20.9 Å². The van der Waals surface area contributed by atoms with Gasteiger partial charge in [0.2, 0.25) is 11.8 Å². The zero-order valence-electron chi connectivity index (χ0n) is 20.9. The highest BCUT2D eigenvalue weighted by molar-refractivity contribution is 5.93. The topological polar surface area (TPSA) is 117 Å². The molecule has 0 bridgehead atoms. The number of amides is 3. The standard InChI is InChI=1S/C29H33N3O5/c1-2-3-5-10-26(33)31-27(29(35)30-19-21-11-13-24(14-12-21)28(34)32-36)23-15-17-25(18-16-23)37-20-22-8-6-4-7-9-22/h4,6-9,11-18,27,36H,2-3,5,10,19-20H2,1H3,(H,30,35)(H,31,33)(H,32,34)/t27-/m0/s1. The smallest absolute Gasteiger partial charge is 0.274 e. The number of hydrogen-bond acceptors (Lipinski definition) is 5. The summed E-state index contributed by atoms with van der Waals surface area (Å²) in [4.78, 5) is 37.2. The fraction of sp³-hybridized carbons (Fsp3) is 0.276. The number of ether oxygens (including phenoxy) is 1. The molecule has 8 nitrogen and oxygen atoms in total. The van der Waals surface area contributed by atoms with Crippen LogP contribution in [0.2, 0.25) is 0 Å². The number of rotatable bonds is 13. The maximum atomic E-state index is 13.1. The Hall–Kier alpha value is -4.17. The number of hydrogen-bond donors (Lipinski definition) is 4. The van der Waals surface area contributed by atoms with Crippen LogP contribution in [0.15, 0.2) is 78.9 Å². The van der Waals surface area contributed by atoms with Crippen molar-refractivity contribution in [2.24, 2.45) is 0 Å². The van der Waals surface area contributed by atoms with E-state index >= 15 is 0 Å². The summed E-state index contributed by atoms with van der Waals surface area (Å²) >= 11 is 0. The largest absolute Gasteiger partial charge is 0.489 e. The average molecular weight is 504 g/mol. The zero-order chi connectivity index (χ0) is 26.5. The molecule has 0 spiro atoms. The van der Waals surface area contributed by atoms with Crippen LogP contribution in [0.3, 0.4) is 0 Å². The minimum Gasteiger partial charge on any atom is -0.489 e. The van der Waals surface area contributed by atoms with Crippen molar-refractivity contribution < 1.29 is 24.3 Å². The first kappa shape index (κ1) is 27.4. The first-order valence-corrected chi connectivity index (χ1v) is 12.4. The lowest BCUT2D eigenvalue weighted by Gasteiger charge is -2.19. The van der Waals surface area contributed by atoms with Crippen molar-refractivity contribution in [3.8, 4) is 5.75 Å². The van der Waals surface area contributed by atoms with Gasteiger partial charge in [0.15, 0.2) is 0 Å². The molecule has 0 aromatic heterocycles. The molecule has 8 heteroatoms. The van der Waals surface area contributed by atoms with Gasteiger partial charge in [-0.15, -0.1) is 0 Å². The first-order chi connectivity index (χ1) is 18.0. The molecule has 0 unspecified atom stereocenters. The van der Waals surface area contributed by atoms with Crippen LogP contribution in [0.25, 0.3) is 0 Å². The molecule has 4 N–H and O–H groups in total. The van der Waals surface area contributed by atoms with Crippen LogP contribution in [0.5, 0.6) is 5.75 Å². The molecule has 0 saturated carbocycles. The lowest BCUT2D eigenvalue weighted by atomic mass is 10.0. The Labute approximate surface area is 217 Å². The third-order valence-corrected chi connectivity index (χ3v) is 5.82. The molecule has 0 saturated heterocycles. The van der Waals surface area contributed by atoms with Crippen molar-refractivity contribution in [2.45, 2.75) is 51.8 Å². The van der Waals surface area contributed by atoms with Crippen molar-refractivity contribution in [3.63, 3.8) is 0 Å². The summed E-state index contributed by atoms with van der Waals surface area (Å²) in [5, 5.41) is 14.5. The van der Waals surface area contributed by atoms with Gasteiger partial charge in [0.1, 0.15) is 18.4 Å². The van der Waals surface area contributed by atoms with Gasteiger partial charge in [0.25, 0.3) is 5.91 Å². The summed E-state index contributed by atoms with van der Waals surface area (Å²) in [5.41, 5.74) is 4.33. The van der Waals surface area contributed by atoms with Gasteiger partial charge in [-0.2, -0.15) is 0 Å². The Morgan fingerprint density at radius 2 is 1.57 bits per heavy atom. The number of carbonyl (C=O) groups excluding carboxylic acids is 3. The third-order valence-electron chi connectivity index (χ3n) is 5.82. The summed E-state index contributed by atoms with van der Waals surface area (Å²) in [6.07, 6.45) is 3.06. The number of unbranched alkanes of at least 4 members (excludes halogenated alkanes) is 2. The Morgan fingerprint density at radius 3 is 2.22 bits per heavy atom. The van der Waals surface area contributed by atoms with Crippen LogP contribution in [0, 0.1) is 0 Å². The quantitative estimate of drug-likeness (QED) is 0.156. The maximum absolute atomic E-state index is 13.1. The van der Waals surface area contributed by atoms with E-state index < -0.39 is 11.9 Å². The second kappa shape index (κ2) is 14.4. The van der Waals surface area contributed by atoms with Gasteiger partial charge in [-0.3, -0.25) is 19.6 Å². The molecule has 3 aromatic carbocycles. The van der Waals surface area contributed by atoms with Crippen LogP contribution in [0.4, 0.5) is 0 Å². The van der Waals surface area contributed by atoms with Crippen molar-refractivity contribution >= 4 is 17.7 Å².